The Labute approximate surface area is 203 Å². The fraction of sp³-hybridized carbons (Fsp3) is 0.308. The maximum absolute atomic E-state index is 13.1. The number of aromatic nitrogens is 1. The van der Waals surface area contributed by atoms with Gasteiger partial charge >= 0.3 is 6.03 Å². The van der Waals surface area contributed by atoms with Gasteiger partial charge in [-0.2, -0.15) is 0 Å². The molecular weight excluding hydrogens is 448 g/mol. The maximum atomic E-state index is 13.1. The van der Waals surface area contributed by atoms with Crippen LogP contribution in [-0.4, -0.2) is 34.3 Å². The second-order valence-electron chi connectivity index (χ2n) is 8.73. The number of rotatable bonds is 7. The monoisotopic (exact) mass is 476 g/mol. The molecule has 2 heterocycles. The summed E-state index contributed by atoms with van der Waals surface area (Å²) in [6.45, 7) is 7.32. The molecular formula is C26H28N4O3S. The number of thiazole rings is 1. The van der Waals surface area contributed by atoms with Gasteiger partial charge in [0.15, 0.2) is 5.13 Å². The first-order valence-electron chi connectivity index (χ1n) is 11.3. The van der Waals surface area contributed by atoms with Gasteiger partial charge in [0.25, 0.3) is 5.91 Å². The number of imide groups is 1. The number of urea groups is 1. The van der Waals surface area contributed by atoms with E-state index in [0.717, 1.165) is 39.4 Å². The van der Waals surface area contributed by atoms with Gasteiger partial charge in [-0.15, -0.1) is 11.3 Å². The largest absolute Gasteiger partial charge is 0.325 e. The van der Waals surface area contributed by atoms with Crippen molar-refractivity contribution in [2.45, 2.75) is 46.1 Å². The lowest BCUT2D eigenvalue weighted by molar-refractivity contribution is -0.133. The Morgan fingerprint density at radius 3 is 2.41 bits per heavy atom. The van der Waals surface area contributed by atoms with Gasteiger partial charge in [-0.3, -0.25) is 14.5 Å². The number of amides is 4. The van der Waals surface area contributed by atoms with Crippen molar-refractivity contribution in [3.05, 3.63) is 70.1 Å². The molecule has 0 saturated carbocycles. The highest BCUT2D eigenvalue weighted by Crippen LogP contribution is 2.31. The summed E-state index contributed by atoms with van der Waals surface area (Å²) in [5, 5.41) is 5.90. The van der Waals surface area contributed by atoms with E-state index in [1.807, 2.05) is 50.2 Å². The quantitative estimate of drug-likeness (QED) is 0.480. The van der Waals surface area contributed by atoms with Gasteiger partial charge in [0.1, 0.15) is 12.1 Å². The molecule has 1 fully saturated rings. The van der Waals surface area contributed by atoms with E-state index in [1.54, 1.807) is 6.92 Å². The zero-order valence-corrected chi connectivity index (χ0v) is 20.6. The molecule has 1 aromatic heterocycles. The molecule has 3 aromatic rings. The van der Waals surface area contributed by atoms with E-state index in [0.29, 0.717) is 10.7 Å². The third-order valence-electron chi connectivity index (χ3n) is 6.01. The molecule has 4 rings (SSSR count). The van der Waals surface area contributed by atoms with Crippen LogP contribution < -0.4 is 10.6 Å². The number of hydrogen-bond acceptors (Lipinski definition) is 5. The molecule has 2 N–H and O–H groups in total. The van der Waals surface area contributed by atoms with E-state index in [4.69, 9.17) is 0 Å². The molecule has 0 radical (unpaired) electrons. The van der Waals surface area contributed by atoms with Gasteiger partial charge in [0.2, 0.25) is 5.91 Å². The first-order valence-corrected chi connectivity index (χ1v) is 12.1. The summed E-state index contributed by atoms with van der Waals surface area (Å²) < 4.78 is 0. The molecule has 4 amide bonds. The summed E-state index contributed by atoms with van der Waals surface area (Å²) in [6, 6.07) is 15.1. The third kappa shape index (κ3) is 4.59. The average Bonchev–Trinajstić information content (AvgIpc) is 3.27. The summed E-state index contributed by atoms with van der Waals surface area (Å²) in [7, 11) is 0. The van der Waals surface area contributed by atoms with Crippen LogP contribution in [0.1, 0.15) is 41.8 Å². The molecule has 7 nitrogen and oxygen atoms in total. The smallest absolute Gasteiger partial charge is 0.319 e. The first kappa shape index (κ1) is 23.6. The molecule has 0 bridgehead atoms. The molecule has 1 unspecified atom stereocenters. The van der Waals surface area contributed by atoms with Gasteiger partial charge in [0, 0.05) is 10.4 Å². The Bertz CT molecular complexity index is 1230. The zero-order valence-electron chi connectivity index (χ0n) is 19.8. The number of nitrogens with zero attached hydrogens (tertiary/aromatic N) is 2. The van der Waals surface area contributed by atoms with E-state index in [1.165, 1.54) is 16.9 Å². The predicted octanol–water partition coefficient (Wildman–Crippen LogP) is 4.79. The molecule has 8 heteroatoms. The van der Waals surface area contributed by atoms with Crippen molar-refractivity contribution in [3.8, 4) is 11.3 Å². The molecule has 0 aliphatic carbocycles. The molecule has 1 aliphatic heterocycles. The van der Waals surface area contributed by atoms with Crippen molar-refractivity contribution in [3.63, 3.8) is 0 Å². The van der Waals surface area contributed by atoms with Crippen LogP contribution in [0.25, 0.3) is 11.3 Å². The summed E-state index contributed by atoms with van der Waals surface area (Å²) in [5.41, 5.74) is 3.58. The Hall–Kier alpha value is -3.52. The summed E-state index contributed by atoms with van der Waals surface area (Å²) in [5.74, 6) is -0.935. The average molecular weight is 477 g/mol. The van der Waals surface area contributed by atoms with Gasteiger partial charge in [-0.05, 0) is 38.3 Å². The number of carbonyl (C=O) groups is 3. The van der Waals surface area contributed by atoms with Crippen LogP contribution in [0.5, 0.6) is 0 Å². The van der Waals surface area contributed by atoms with Crippen molar-refractivity contribution in [2.24, 2.45) is 0 Å². The van der Waals surface area contributed by atoms with Crippen LogP contribution in [0, 0.1) is 13.8 Å². The van der Waals surface area contributed by atoms with E-state index >= 15 is 0 Å². The lowest BCUT2D eigenvalue weighted by Gasteiger charge is -2.22. The SMILES string of the molecule is CCCc1ccc(-c2nc(NC(=O)CN3C(=O)NC(C)(c4ccc(C)cc4)C3=O)sc2C)cc1. The highest BCUT2D eigenvalue weighted by atomic mass is 32.1. The lowest BCUT2D eigenvalue weighted by Crippen LogP contribution is -2.42. The fourth-order valence-corrected chi connectivity index (χ4v) is 4.91. The molecule has 176 valence electrons. The van der Waals surface area contributed by atoms with Gasteiger partial charge in [-0.1, -0.05) is 67.4 Å². The first-order chi connectivity index (χ1) is 16.2. The standard InChI is InChI=1S/C26H28N4O3S/c1-5-6-18-9-11-19(12-10-18)22-17(3)34-24(28-22)27-21(31)15-30-23(32)26(4,29-25(30)33)20-13-7-16(2)8-14-20/h7-14H,5-6,15H2,1-4H3,(H,29,33)(H,27,28,31). The summed E-state index contributed by atoms with van der Waals surface area (Å²) in [6.07, 6.45) is 2.12. The Morgan fingerprint density at radius 1 is 1.09 bits per heavy atom. The molecule has 1 atom stereocenters. The van der Waals surface area contributed by atoms with Crippen LogP contribution in [0.4, 0.5) is 9.93 Å². The van der Waals surface area contributed by atoms with Crippen molar-refractivity contribution in [1.82, 2.24) is 15.2 Å². The van der Waals surface area contributed by atoms with Crippen molar-refractivity contribution >= 4 is 34.3 Å². The number of hydrogen-bond donors (Lipinski definition) is 2. The van der Waals surface area contributed by atoms with Crippen LogP contribution >= 0.6 is 11.3 Å². The van der Waals surface area contributed by atoms with E-state index < -0.39 is 23.4 Å². The number of anilines is 1. The normalized spacial score (nSPS) is 17.7. The van der Waals surface area contributed by atoms with Crippen LogP contribution in [-0.2, 0) is 21.5 Å². The number of nitrogens with one attached hydrogen (secondary N) is 2. The Morgan fingerprint density at radius 2 is 1.76 bits per heavy atom. The Kier molecular flexibility index (Phi) is 6.52. The fourth-order valence-electron chi connectivity index (χ4n) is 4.06. The summed E-state index contributed by atoms with van der Waals surface area (Å²) in [4.78, 5) is 44.8. The summed E-state index contributed by atoms with van der Waals surface area (Å²) >= 11 is 1.36. The van der Waals surface area contributed by atoms with E-state index in [2.05, 4.69) is 34.7 Å². The van der Waals surface area contributed by atoms with Crippen LogP contribution in [0.15, 0.2) is 48.5 Å². The van der Waals surface area contributed by atoms with Crippen molar-refractivity contribution < 1.29 is 14.4 Å². The van der Waals surface area contributed by atoms with Crippen molar-refractivity contribution in [2.75, 3.05) is 11.9 Å². The van der Waals surface area contributed by atoms with Gasteiger partial charge < -0.3 is 10.6 Å². The van der Waals surface area contributed by atoms with E-state index in [-0.39, 0.29) is 6.54 Å². The minimum atomic E-state index is -1.21. The zero-order chi connectivity index (χ0) is 24.5. The van der Waals surface area contributed by atoms with Crippen LogP contribution in [0.2, 0.25) is 0 Å². The second kappa shape index (κ2) is 9.38. The molecule has 0 spiro atoms. The molecule has 2 aromatic carbocycles. The predicted molar refractivity (Wildman–Crippen MR) is 134 cm³/mol. The third-order valence-corrected chi connectivity index (χ3v) is 6.90. The maximum Gasteiger partial charge on any atom is 0.325 e. The minimum Gasteiger partial charge on any atom is -0.319 e. The van der Waals surface area contributed by atoms with Crippen molar-refractivity contribution in [1.29, 1.82) is 0 Å². The second-order valence-corrected chi connectivity index (χ2v) is 9.93. The molecule has 34 heavy (non-hydrogen) atoms. The topological polar surface area (TPSA) is 91.4 Å². The highest BCUT2D eigenvalue weighted by molar-refractivity contribution is 7.16. The lowest BCUT2D eigenvalue weighted by atomic mass is 9.91. The molecule has 1 aliphatic rings. The number of carbonyl (C=O) groups excluding carboxylic acids is 3. The van der Waals surface area contributed by atoms with Gasteiger partial charge in [-0.25, -0.2) is 9.78 Å². The minimum absolute atomic E-state index is 0.383. The van der Waals surface area contributed by atoms with Gasteiger partial charge in [0.05, 0.1) is 5.69 Å². The Balaban J connectivity index is 1.45. The molecule has 1 saturated heterocycles. The van der Waals surface area contributed by atoms with Crippen LogP contribution in [0.3, 0.4) is 0 Å². The number of benzene rings is 2. The highest BCUT2D eigenvalue weighted by Gasteiger charge is 2.49. The number of aryl methyl sites for hydroxylation is 3. The van der Waals surface area contributed by atoms with E-state index in [9.17, 15) is 14.4 Å².